The van der Waals surface area contributed by atoms with Crippen LogP contribution in [0.4, 0.5) is 11.4 Å². The molecule has 1 fully saturated rings. The molecule has 19 heavy (non-hydrogen) atoms. The zero-order valence-corrected chi connectivity index (χ0v) is 9.88. The van der Waals surface area contributed by atoms with Gasteiger partial charge in [0, 0.05) is 18.6 Å². The number of hydrogen-bond donors (Lipinski definition) is 3. The minimum absolute atomic E-state index is 0.0278. The summed E-state index contributed by atoms with van der Waals surface area (Å²) in [6.07, 6.45) is 0.808. The fraction of sp³-hybridized carbons (Fsp3) is 0.273. The van der Waals surface area contributed by atoms with Crippen LogP contribution in [-0.4, -0.2) is 22.8 Å². The number of nitrogens with one attached hydrogen (secondary N) is 3. The molecule has 100 valence electrons. The van der Waals surface area contributed by atoms with E-state index in [0.29, 0.717) is 18.5 Å². The zero-order valence-electron chi connectivity index (χ0n) is 9.88. The van der Waals surface area contributed by atoms with Crippen LogP contribution in [0.5, 0.6) is 0 Å². The van der Waals surface area contributed by atoms with Crippen LogP contribution in [0.15, 0.2) is 24.3 Å². The Hall–Kier alpha value is -2.64. The van der Waals surface area contributed by atoms with Crippen molar-refractivity contribution in [3.63, 3.8) is 0 Å². The van der Waals surface area contributed by atoms with Gasteiger partial charge in [0.25, 0.3) is 11.6 Å². The third-order valence-electron chi connectivity index (χ3n) is 2.72. The van der Waals surface area contributed by atoms with Gasteiger partial charge in [0.05, 0.1) is 10.6 Å². The molecule has 1 atom stereocenters. The average Bonchev–Trinajstić information content (AvgIpc) is 2.83. The quantitative estimate of drug-likeness (QED) is 0.535. The van der Waals surface area contributed by atoms with E-state index in [4.69, 9.17) is 0 Å². The van der Waals surface area contributed by atoms with Crippen molar-refractivity contribution in [2.45, 2.75) is 18.9 Å². The van der Waals surface area contributed by atoms with Crippen LogP contribution < -0.4 is 16.2 Å². The highest BCUT2D eigenvalue weighted by Crippen LogP contribution is 2.14. The van der Waals surface area contributed by atoms with Crippen LogP contribution in [-0.2, 0) is 9.59 Å². The Morgan fingerprint density at radius 1 is 1.37 bits per heavy atom. The van der Waals surface area contributed by atoms with Crippen molar-refractivity contribution in [2.24, 2.45) is 0 Å². The molecule has 0 radical (unpaired) electrons. The average molecular weight is 264 g/mol. The Bertz CT molecular complexity index is 514. The number of nitro groups is 1. The molecule has 8 heteroatoms. The number of non-ortho nitro benzene ring substituents is 1. The molecule has 1 saturated heterocycles. The van der Waals surface area contributed by atoms with E-state index in [1.54, 1.807) is 0 Å². The van der Waals surface area contributed by atoms with Gasteiger partial charge in [0.15, 0.2) is 0 Å². The Balaban J connectivity index is 1.86. The fourth-order valence-corrected chi connectivity index (χ4v) is 1.70. The van der Waals surface area contributed by atoms with Crippen molar-refractivity contribution in [1.29, 1.82) is 0 Å². The first kappa shape index (κ1) is 12.8. The first-order valence-electron chi connectivity index (χ1n) is 5.66. The number of anilines is 1. The van der Waals surface area contributed by atoms with Crippen molar-refractivity contribution < 1.29 is 14.5 Å². The fourth-order valence-electron chi connectivity index (χ4n) is 1.70. The number of carbonyl (C=O) groups is 2. The van der Waals surface area contributed by atoms with E-state index in [1.807, 2.05) is 0 Å². The SMILES string of the molecule is O=C1CCC(C(=O)NNc2ccc([N+](=O)[O-])cc2)N1. The molecular weight excluding hydrogens is 252 g/mol. The van der Waals surface area contributed by atoms with Crippen LogP contribution in [0.3, 0.4) is 0 Å². The summed E-state index contributed by atoms with van der Waals surface area (Å²) in [4.78, 5) is 32.6. The number of hydrazine groups is 1. The Morgan fingerprint density at radius 3 is 2.58 bits per heavy atom. The van der Waals surface area contributed by atoms with E-state index in [2.05, 4.69) is 16.2 Å². The summed E-state index contributed by atoms with van der Waals surface area (Å²) < 4.78 is 0. The highest BCUT2D eigenvalue weighted by molar-refractivity contribution is 5.91. The summed E-state index contributed by atoms with van der Waals surface area (Å²) in [7, 11) is 0. The van der Waals surface area contributed by atoms with Gasteiger partial charge in [-0.2, -0.15) is 0 Å². The molecule has 0 saturated carbocycles. The van der Waals surface area contributed by atoms with Gasteiger partial charge >= 0.3 is 0 Å². The lowest BCUT2D eigenvalue weighted by Gasteiger charge is -2.12. The Labute approximate surface area is 108 Å². The monoisotopic (exact) mass is 264 g/mol. The normalized spacial score (nSPS) is 17.7. The first-order valence-corrected chi connectivity index (χ1v) is 5.66. The standard InChI is InChI=1S/C11H12N4O4/c16-10-6-5-9(12-10)11(17)14-13-7-1-3-8(4-2-7)15(18)19/h1-4,9,13H,5-6H2,(H,12,16)(H,14,17). The van der Waals surface area contributed by atoms with E-state index in [0.717, 1.165) is 0 Å². The number of carbonyl (C=O) groups excluding carboxylic acids is 2. The van der Waals surface area contributed by atoms with Crippen molar-refractivity contribution in [3.8, 4) is 0 Å². The molecular formula is C11H12N4O4. The molecule has 3 N–H and O–H groups in total. The zero-order chi connectivity index (χ0) is 13.8. The maximum absolute atomic E-state index is 11.6. The van der Waals surface area contributed by atoms with E-state index in [-0.39, 0.29) is 17.5 Å². The summed E-state index contributed by atoms with van der Waals surface area (Å²) >= 11 is 0. The smallest absolute Gasteiger partial charge is 0.269 e. The highest BCUT2D eigenvalue weighted by atomic mass is 16.6. The third kappa shape index (κ3) is 3.18. The van der Waals surface area contributed by atoms with Crippen LogP contribution in [0, 0.1) is 10.1 Å². The second kappa shape index (κ2) is 5.34. The van der Waals surface area contributed by atoms with Gasteiger partial charge in [0.2, 0.25) is 5.91 Å². The summed E-state index contributed by atoms with van der Waals surface area (Å²) in [5, 5.41) is 13.0. The molecule has 2 rings (SSSR count). The van der Waals surface area contributed by atoms with Crippen LogP contribution in [0.2, 0.25) is 0 Å². The van der Waals surface area contributed by atoms with Crippen LogP contribution >= 0.6 is 0 Å². The molecule has 8 nitrogen and oxygen atoms in total. The van der Waals surface area contributed by atoms with E-state index in [1.165, 1.54) is 24.3 Å². The number of nitrogens with zero attached hydrogens (tertiary/aromatic N) is 1. The minimum Gasteiger partial charge on any atom is -0.344 e. The molecule has 1 aliphatic heterocycles. The predicted molar refractivity (Wildman–Crippen MR) is 66.0 cm³/mol. The number of benzene rings is 1. The summed E-state index contributed by atoms with van der Waals surface area (Å²) in [6.45, 7) is 0. The number of nitro benzene ring substituents is 1. The van der Waals surface area contributed by atoms with Gasteiger partial charge in [-0.05, 0) is 18.6 Å². The van der Waals surface area contributed by atoms with Crippen molar-refractivity contribution >= 4 is 23.2 Å². The number of hydrogen-bond acceptors (Lipinski definition) is 5. The summed E-state index contributed by atoms with van der Waals surface area (Å²) in [5.74, 6) is -0.486. The molecule has 0 aromatic heterocycles. The van der Waals surface area contributed by atoms with Gasteiger partial charge in [0.1, 0.15) is 6.04 Å². The molecule has 2 amide bonds. The van der Waals surface area contributed by atoms with Crippen molar-refractivity contribution in [3.05, 3.63) is 34.4 Å². The van der Waals surface area contributed by atoms with Crippen LogP contribution in [0.25, 0.3) is 0 Å². The van der Waals surface area contributed by atoms with E-state index >= 15 is 0 Å². The van der Waals surface area contributed by atoms with E-state index in [9.17, 15) is 19.7 Å². The summed E-state index contributed by atoms with van der Waals surface area (Å²) in [6, 6.07) is 5.08. The second-order valence-corrected chi connectivity index (χ2v) is 4.08. The molecule has 0 bridgehead atoms. The highest BCUT2D eigenvalue weighted by Gasteiger charge is 2.26. The van der Waals surface area contributed by atoms with Crippen molar-refractivity contribution in [2.75, 3.05) is 5.43 Å². The minimum atomic E-state index is -0.530. The Kier molecular flexibility index (Phi) is 3.60. The molecule has 1 heterocycles. The second-order valence-electron chi connectivity index (χ2n) is 4.08. The molecule has 1 aliphatic rings. The largest absolute Gasteiger partial charge is 0.344 e. The molecule has 0 spiro atoms. The lowest BCUT2D eigenvalue weighted by molar-refractivity contribution is -0.384. The number of rotatable bonds is 4. The first-order chi connectivity index (χ1) is 9.06. The van der Waals surface area contributed by atoms with Gasteiger partial charge in [-0.3, -0.25) is 30.6 Å². The van der Waals surface area contributed by atoms with Gasteiger partial charge < -0.3 is 5.32 Å². The molecule has 1 aromatic rings. The predicted octanol–water partition coefficient (Wildman–Crippen LogP) is 0.317. The van der Waals surface area contributed by atoms with Gasteiger partial charge in [-0.1, -0.05) is 0 Å². The van der Waals surface area contributed by atoms with E-state index < -0.39 is 11.0 Å². The maximum Gasteiger partial charge on any atom is 0.269 e. The van der Waals surface area contributed by atoms with Gasteiger partial charge in [-0.25, -0.2) is 0 Å². The molecule has 0 aliphatic carbocycles. The lowest BCUT2D eigenvalue weighted by atomic mass is 10.2. The van der Waals surface area contributed by atoms with Crippen molar-refractivity contribution in [1.82, 2.24) is 10.7 Å². The molecule has 1 aromatic carbocycles. The molecule has 1 unspecified atom stereocenters. The topological polar surface area (TPSA) is 113 Å². The van der Waals surface area contributed by atoms with Crippen LogP contribution in [0.1, 0.15) is 12.8 Å². The number of amides is 2. The third-order valence-corrected chi connectivity index (χ3v) is 2.72. The summed E-state index contributed by atoms with van der Waals surface area (Å²) in [5.41, 5.74) is 5.55. The van der Waals surface area contributed by atoms with Gasteiger partial charge in [-0.15, -0.1) is 0 Å². The lowest BCUT2D eigenvalue weighted by Crippen LogP contribution is -2.43. The maximum atomic E-state index is 11.6. The Morgan fingerprint density at radius 2 is 2.05 bits per heavy atom.